The minimum absolute atomic E-state index is 0.431. The standard InChI is InChI=1S/C17H22O/c1-16(2)14-8-9-17(16,3)15(10-14)13-6-4-12(11-18)5-7-13/h4-7,11,14-15H,8-10H2,1-3H3. The Labute approximate surface area is 110 Å². The van der Waals surface area contributed by atoms with Gasteiger partial charge in [0, 0.05) is 5.56 Å². The van der Waals surface area contributed by atoms with Crippen molar-refractivity contribution in [2.24, 2.45) is 16.7 Å². The van der Waals surface area contributed by atoms with Gasteiger partial charge in [0.1, 0.15) is 6.29 Å². The van der Waals surface area contributed by atoms with Gasteiger partial charge in [-0.1, -0.05) is 45.0 Å². The van der Waals surface area contributed by atoms with E-state index in [9.17, 15) is 4.79 Å². The molecule has 0 aliphatic heterocycles. The van der Waals surface area contributed by atoms with Crippen LogP contribution in [0.2, 0.25) is 0 Å². The summed E-state index contributed by atoms with van der Waals surface area (Å²) in [5.74, 6) is 1.55. The topological polar surface area (TPSA) is 17.1 Å². The third kappa shape index (κ3) is 1.36. The van der Waals surface area contributed by atoms with E-state index < -0.39 is 0 Å². The first-order chi connectivity index (χ1) is 8.49. The lowest BCUT2D eigenvalue weighted by Gasteiger charge is -2.39. The summed E-state index contributed by atoms with van der Waals surface area (Å²) in [6.07, 6.45) is 5.00. The molecule has 0 N–H and O–H groups in total. The van der Waals surface area contributed by atoms with Crippen LogP contribution < -0.4 is 0 Å². The molecule has 3 rings (SSSR count). The minimum Gasteiger partial charge on any atom is -0.298 e. The molecule has 1 nitrogen and oxygen atoms in total. The molecule has 18 heavy (non-hydrogen) atoms. The van der Waals surface area contributed by atoms with E-state index in [1.54, 1.807) is 0 Å². The summed E-state index contributed by atoms with van der Waals surface area (Å²) in [6, 6.07) is 8.25. The van der Waals surface area contributed by atoms with Gasteiger partial charge in [-0.25, -0.2) is 0 Å². The lowest BCUT2D eigenvalue weighted by molar-refractivity contribution is 0.112. The van der Waals surface area contributed by atoms with Crippen LogP contribution in [-0.4, -0.2) is 6.29 Å². The Morgan fingerprint density at radius 3 is 2.28 bits per heavy atom. The number of fused-ring (bicyclic) bond motifs is 2. The average Bonchev–Trinajstić information content (AvgIpc) is 2.71. The first-order valence-corrected chi connectivity index (χ1v) is 7.04. The summed E-state index contributed by atoms with van der Waals surface area (Å²) in [6.45, 7) is 7.37. The largest absolute Gasteiger partial charge is 0.298 e. The molecular weight excluding hydrogens is 220 g/mol. The van der Waals surface area contributed by atoms with Gasteiger partial charge in [-0.05, 0) is 47.5 Å². The van der Waals surface area contributed by atoms with E-state index in [2.05, 4.69) is 32.9 Å². The second-order valence-corrected chi connectivity index (χ2v) is 6.95. The molecule has 0 amide bonds. The maximum atomic E-state index is 10.7. The van der Waals surface area contributed by atoms with Crippen LogP contribution in [-0.2, 0) is 0 Å². The summed E-state index contributed by atoms with van der Waals surface area (Å²) >= 11 is 0. The van der Waals surface area contributed by atoms with E-state index in [0.29, 0.717) is 16.7 Å². The zero-order valence-corrected chi connectivity index (χ0v) is 11.6. The molecule has 1 aromatic rings. The van der Waals surface area contributed by atoms with Gasteiger partial charge in [0.15, 0.2) is 0 Å². The monoisotopic (exact) mass is 242 g/mol. The first-order valence-electron chi connectivity index (χ1n) is 7.04. The van der Waals surface area contributed by atoms with Crippen molar-refractivity contribution in [1.29, 1.82) is 0 Å². The van der Waals surface area contributed by atoms with Crippen LogP contribution in [0.15, 0.2) is 24.3 Å². The van der Waals surface area contributed by atoms with Crippen molar-refractivity contribution in [3.8, 4) is 0 Å². The van der Waals surface area contributed by atoms with Gasteiger partial charge in [0.2, 0.25) is 0 Å². The maximum Gasteiger partial charge on any atom is 0.150 e. The molecule has 2 fully saturated rings. The summed E-state index contributed by atoms with van der Waals surface area (Å²) in [5.41, 5.74) is 3.10. The Morgan fingerprint density at radius 2 is 1.83 bits per heavy atom. The average molecular weight is 242 g/mol. The first kappa shape index (κ1) is 12.0. The number of hydrogen-bond acceptors (Lipinski definition) is 1. The van der Waals surface area contributed by atoms with Crippen LogP contribution in [0.25, 0.3) is 0 Å². The van der Waals surface area contributed by atoms with Crippen molar-refractivity contribution in [3.05, 3.63) is 35.4 Å². The molecule has 2 bridgehead atoms. The SMILES string of the molecule is CC1(C)C2CCC1(C)C(c1ccc(C=O)cc1)C2. The number of carbonyl (C=O) groups is 1. The summed E-state index contributed by atoms with van der Waals surface area (Å²) < 4.78 is 0. The van der Waals surface area contributed by atoms with Crippen molar-refractivity contribution >= 4 is 6.29 Å². The van der Waals surface area contributed by atoms with Crippen molar-refractivity contribution in [3.63, 3.8) is 0 Å². The van der Waals surface area contributed by atoms with Crippen molar-refractivity contribution in [1.82, 2.24) is 0 Å². The zero-order valence-electron chi connectivity index (χ0n) is 11.6. The molecule has 3 unspecified atom stereocenters. The fraction of sp³-hybridized carbons (Fsp3) is 0.588. The van der Waals surface area contributed by atoms with E-state index in [-0.39, 0.29) is 0 Å². The van der Waals surface area contributed by atoms with Gasteiger partial charge in [-0.3, -0.25) is 4.79 Å². The molecule has 1 aromatic carbocycles. The number of benzene rings is 1. The molecule has 0 aromatic heterocycles. The fourth-order valence-electron chi connectivity index (χ4n) is 4.51. The number of aldehydes is 1. The molecule has 0 heterocycles. The zero-order chi connectivity index (χ0) is 13.0. The third-order valence-electron chi connectivity index (χ3n) is 6.27. The van der Waals surface area contributed by atoms with Gasteiger partial charge in [-0.2, -0.15) is 0 Å². The molecule has 3 atom stereocenters. The number of rotatable bonds is 2. The predicted molar refractivity (Wildman–Crippen MR) is 73.8 cm³/mol. The highest BCUT2D eigenvalue weighted by Crippen LogP contribution is 2.70. The van der Waals surface area contributed by atoms with Gasteiger partial charge in [0.05, 0.1) is 0 Å². The van der Waals surface area contributed by atoms with Crippen molar-refractivity contribution in [2.75, 3.05) is 0 Å². The Morgan fingerprint density at radius 1 is 1.17 bits per heavy atom. The third-order valence-corrected chi connectivity index (χ3v) is 6.27. The Hall–Kier alpha value is -1.11. The molecule has 0 spiro atoms. The number of carbonyl (C=O) groups excluding carboxylic acids is 1. The molecule has 0 saturated heterocycles. The van der Waals surface area contributed by atoms with Crippen LogP contribution in [0.4, 0.5) is 0 Å². The smallest absolute Gasteiger partial charge is 0.150 e. The molecule has 2 aliphatic carbocycles. The highest BCUT2D eigenvalue weighted by atomic mass is 16.1. The summed E-state index contributed by atoms with van der Waals surface area (Å²) in [7, 11) is 0. The molecule has 0 radical (unpaired) electrons. The molecule has 1 heteroatoms. The summed E-state index contributed by atoms with van der Waals surface area (Å²) in [4.78, 5) is 10.7. The number of hydrogen-bond donors (Lipinski definition) is 0. The highest BCUT2D eigenvalue weighted by Gasteiger charge is 2.61. The fourth-order valence-corrected chi connectivity index (χ4v) is 4.51. The van der Waals surface area contributed by atoms with E-state index >= 15 is 0 Å². The lowest BCUT2D eigenvalue weighted by Crippen LogP contribution is -2.31. The van der Waals surface area contributed by atoms with Gasteiger partial charge in [0.25, 0.3) is 0 Å². The predicted octanol–water partition coefficient (Wildman–Crippen LogP) is 4.43. The van der Waals surface area contributed by atoms with Gasteiger partial charge in [-0.15, -0.1) is 0 Å². The van der Waals surface area contributed by atoms with Crippen LogP contribution in [0.5, 0.6) is 0 Å². The van der Waals surface area contributed by atoms with E-state index in [1.165, 1.54) is 24.8 Å². The minimum atomic E-state index is 0.431. The van der Waals surface area contributed by atoms with E-state index in [0.717, 1.165) is 17.8 Å². The molecule has 2 aliphatic rings. The maximum absolute atomic E-state index is 10.7. The quantitative estimate of drug-likeness (QED) is 0.701. The second kappa shape index (κ2) is 3.69. The van der Waals surface area contributed by atoms with Crippen LogP contribution in [0.3, 0.4) is 0 Å². The van der Waals surface area contributed by atoms with Crippen molar-refractivity contribution in [2.45, 2.75) is 46.0 Å². The normalized spacial score (nSPS) is 36.8. The Balaban J connectivity index is 1.97. The molecular formula is C17H22O. The second-order valence-electron chi connectivity index (χ2n) is 6.95. The van der Waals surface area contributed by atoms with Crippen LogP contribution >= 0.6 is 0 Å². The Kier molecular flexibility index (Phi) is 2.45. The van der Waals surface area contributed by atoms with Crippen LogP contribution in [0.1, 0.15) is 61.9 Å². The van der Waals surface area contributed by atoms with E-state index in [1.807, 2.05) is 12.1 Å². The highest BCUT2D eigenvalue weighted by molar-refractivity contribution is 5.74. The van der Waals surface area contributed by atoms with Gasteiger partial charge < -0.3 is 0 Å². The van der Waals surface area contributed by atoms with Crippen molar-refractivity contribution < 1.29 is 4.79 Å². The Bertz CT molecular complexity index is 471. The van der Waals surface area contributed by atoms with Gasteiger partial charge >= 0.3 is 0 Å². The van der Waals surface area contributed by atoms with Crippen LogP contribution in [0, 0.1) is 16.7 Å². The lowest BCUT2D eigenvalue weighted by atomic mass is 9.65. The van der Waals surface area contributed by atoms with E-state index in [4.69, 9.17) is 0 Å². The molecule has 2 saturated carbocycles. The molecule has 96 valence electrons. The summed E-state index contributed by atoms with van der Waals surface area (Å²) in [5, 5.41) is 0.